The van der Waals surface area contributed by atoms with Gasteiger partial charge in [0.25, 0.3) is 0 Å². The normalized spacial score (nSPS) is 12.3. The summed E-state index contributed by atoms with van der Waals surface area (Å²) in [6.45, 7) is 23.0. The Labute approximate surface area is 396 Å². The minimum Gasteiger partial charge on any atom is -1.00 e. The Morgan fingerprint density at radius 1 is 0.583 bits per heavy atom. The van der Waals surface area contributed by atoms with E-state index < -0.39 is 0 Å². The second-order valence-electron chi connectivity index (χ2n) is 19.0. The van der Waals surface area contributed by atoms with Crippen LogP contribution in [0.4, 0.5) is 0 Å². The maximum absolute atomic E-state index is 3.93. The van der Waals surface area contributed by atoms with E-state index in [2.05, 4.69) is 154 Å². The third-order valence-electron chi connectivity index (χ3n) is 11.8. The molecule has 0 amide bonds. The molecule has 4 aromatic rings. The molecule has 0 spiro atoms. The quantitative estimate of drug-likeness (QED) is 0.0683. The number of halogens is 2. The first-order valence-electron chi connectivity index (χ1n) is 22.9. The van der Waals surface area contributed by atoms with Crippen molar-refractivity contribution >= 4 is 3.21 Å². The van der Waals surface area contributed by atoms with Crippen molar-refractivity contribution in [3.05, 3.63) is 130 Å². The summed E-state index contributed by atoms with van der Waals surface area (Å²) in [6, 6.07) is 28.9. The van der Waals surface area contributed by atoms with Gasteiger partial charge in [0.1, 0.15) is 0 Å². The molecule has 0 heterocycles. The van der Waals surface area contributed by atoms with Crippen molar-refractivity contribution in [1.82, 2.24) is 0 Å². The zero-order valence-electron chi connectivity index (χ0n) is 39.2. The average Bonchev–Trinajstić information content (AvgIpc) is 3.89. The molecule has 0 aromatic heterocycles. The second-order valence-corrected chi connectivity index (χ2v) is 20.7. The van der Waals surface area contributed by atoms with Crippen molar-refractivity contribution in [1.29, 1.82) is 0 Å². The molecule has 0 aliphatic heterocycles. The van der Waals surface area contributed by atoms with Crippen LogP contribution in [0.2, 0.25) is 0 Å². The second kappa shape index (κ2) is 27.0. The minimum absolute atomic E-state index is 0. The van der Waals surface area contributed by atoms with Crippen LogP contribution >= 0.6 is 0 Å². The monoisotopic (exact) mass is 920 g/mol. The van der Waals surface area contributed by atoms with E-state index in [9.17, 15) is 0 Å². The van der Waals surface area contributed by atoms with Gasteiger partial charge < -0.3 is 24.8 Å². The molecule has 0 fully saturated rings. The van der Waals surface area contributed by atoms with Crippen LogP contribution in [-0.2, 0) is 41.5 Å². The number of fused-ring (bicyclic) bond motifs is 3. The zero-order chi connectivity index (χ0) is 42.1. The Bertz CT molecular complexity index is 1830. The summed E-state index contributed by atoms with van der Waals surface area (Å²) in [7, 11) is 0. The van der Waals surface area contributed by atoms with Gasteiger partial charge in [0.2, 0.25) is 0 Å². The maximum Gasteiger partial charge on any atom is -0.0126 e. The largest absolute Gasteiger partial charge is 1.00 e. The molecule has 4 aromatic carbocycles. The molecule has 2 aliphatic rings. The van der Waals surface area contributed by atoms with E-state index >= 15 is 0 Å². The van der Waals surface area contributed by atoms with Crippen LogP contribution < -0.4 is 24.8 Å². The Hall–Kier alpha value is -2.31. The van der Waals surface area contributed by atoms with Gasteiger partial charge >= 0.3 is 131 Å². The molecule has 324 valence electrons. The molecular weight excluding hydrogens is 847 g/mol. The van der Waals surface area contributed by atoms with Crippen LogP contribution in [0.3, 0.4) is 0 Å². The van der Waals surface area contributed by atoms with Gasteiger partial charge in [-0.1, -0.05) is 124 Å². The van der Waals surface area contributed by atoms with Crippen molar-refractivity contribution in [2.24, 2.45) is 0 Å². The standard InChI is InChI=1S/C35H37.C17H34.C5H5.2ClH.Zr/c1-22-13-9-11-15-26(22)30-18-24-17-25-19-31(27-16-12-10-14-23(27)2)33(35(6,7)8)21-29(25)28(24)20-32(30)34(3,4)5;1-3-5-7-9-11-13-15-17-16-14-12-10-8-6-4-2;1-2-4-5-3-1;;;/h9-16,18,20-21H,17H2,1-8H3;3-16H2,1-2H3;1-3H,4H2;2*1H;/q-1;;-1;;;+2/p-2. The predicted octanol–water partition coefficient (Wildman–Crippen LogP) is 11.1. The minimum atomic E-state index is 0. The number of aryl methyl sites for hydroxylation is 2. The number of hydrogen-bond acceptors (Lipinski definition) is 0. The maximum atomic E-state index is 3.93. The third kappa shape index (κ3) is 16.4. The average molecular weight is 923 g/mol. The molecule has 0 bridgehead atoms. The molecule has 0 atom stereocenters. The third-order valence-corrected chi connectivity index (χ3v) is 13.0. The van der Waals surface area contributed by atoms with Crippen molar-refractivity contribution < 1.29 is 49.0 Å². The van der Waals surface area contributed by atoms with E-state index in [1.54, 1.807) is 24.2 Å². The molecule has 6 rings (SSSR count). The van der Waals surface area contributed by atoms with E-state index in [-0.39, 0.29) is 35.6 Å². The van der Waals surface area contributed by atoms with Crippen LogP contribution in [0.25, 0.3) is 33.4 Å². The van der Waals surface area contributed by atoms with Crippen LogP contribution in [0.1, 0.15) is 185 Å². The van der Waals surface area contributed by atoms with Gasteiger partial charge in [-0.2, -0.15) is 6.08 Å². The first-order chi connectivity index (χ1) is 27.8. The van der Waals surface area contributed by atoms with Gasteiger partial charge in [-0.3, -0.25) is 6.08 Å². The van der Waals surface area contributed by atoms with Crippen LogP contribution in [0.15, 0.2) is 85.0 Å². The molecule has 0 unspecified atom stereocenters. The van der Waals surface area contributed by atoms with Gasteiger partial charge in [-0.25, -0.2) is 12.2 Å². The Morgan fingerprint density at radius 3 is 1.55 bits per heavy atom. The first-order valence-corrected chi connectivity index (χ1v) is 24.2. The molecule has 60 heavy (non-hydrogen) atoms. The zero-order valence-corrected chi connectivity index (χ0v) is 43.1. The predicted molar refractivity (Wildman–Crippen MR) is 254 cm³/mol. The van der Waals surface area contributed by atoms with E-state index in [0.717, 1.165) is 12.8 Å². The molecule has 3 heteroatoms. The van der Waals surface area contributed by atoms with E-state index in [1.165, 1.54) is 157 Å². The fraction of sp³-hybridized carbons (Fsp3) is 0.491. The Kier molecular flexibility index (Phi) is 24.2. The smallest absolute Gasteiger partial charge is 0.0126 e. The van der Waals surface area contributed by atoms with Crippen molar-refractivity contribution in [2.45, 2.75) is 183 Å². The summed E-state index contributed by atoms with van der Waals surface area (Å²) in [5, 5.41) is 0. The summed E-state index contributed by atoms with van der Waals surface area (Å²) in [5.41, 5.74) is 16.3. The van der Waals surface area contributed by atoms with Crippen molar-refractivity contribution in [2.75, 3.05) is 0 Å². The number of hydrogen-bond donors (Lipinski definition) is 0. The van der Waals surface area contributed by atoms with Gasteiger partial charge in [0.15, 0.2) is 0 Å². The molecular formula is C57H76Cl2Zr-2. The summed E-state index contributed by atoms with van der Waals surface area (Å²) in [5.74, 6) is 0. The van der Waals surface area contributed by atoms with Crippen LogP contribution in [0, 0.1) is 26.0 Å². The van der Waals surface area contributed by atoms with Crippen molar-refractivity contribution in [3.63, 3.8) is 0 Å². The van der Waals surface area contributed by atoms with Gasteiger partial charge in [0.05, 0.1) is 0 Å². The SMILES string of the molecule is CCCCCCCC[C](=[Zr+2])CCCCCCCC.Cc1ccccc1-c1[c-]c2c(cc1C(C)(C)C)-c1cc(C(C)(C)C)c(-c3ccccc3C)cc1C2.[C-]1=CC=CC1.[Cl-].[Cl-]. The molecule has 0 radical (unpaired) electrons. The summed E-state index contributed by atoms with van der Waals surface area (Å²) in [6.07, 6.45) is 31.1. The number of rotatable bonds is 16. The number of unbranched alkanes of at least 4 members (excludes halogenated alkanes) is 10. The van der Waals surface area contributed by atoms with E-state index in [0.29, 0.717) is 0 Å². The summed E-state index contributed by atoms with van der Waals surface area (Å²) >= 11 is 1.71. The van der Waals surface area contributed by atoms with E-state index in [1.807, 2.05) is 15.4 Å². The summed E-state index contributed by atoms with van der Waals surface area (Å²) in [4.78, 5) is 0. The topological polar surface area (TPSA) is 0 Å². The first kappa shape index (κ1) is 53.8. The molecule has 2 aliphatic carbocycles. The molecule has 0 N–H and O–H groups in total. The van der Waals surface area contributed by atoms with Gasteiger partial charge in [-0.05, 0) is 58.9 Å². The van der Waals surface area contributed by atoms with Crippen molar-refractivity contribution in [3.8, 4) is 33.4 Å². The molecule has 0 saturated heterocycles. The Morgan fingerprint density at radius 2 is 1.08 bits per heavy atom. The number of allylic oxidation sites excluding steroid dienone is 4. The Balaban J connectivity index is 0.000000418. The molecule has 0 saturated carbocycles. The van der Waals surface area contributed by atoms with E-state index in [4.69, 9.17) is 0 Å². The van der Waals surface area contributed by atoms with Gasteiger partial charge in [0, 0.05) is 0 Å². The molecule has 0 nitrogen and oxygen atoms in total. The van der Waals surface area contributed by atoms with Gasteiger partial charge in [-0.15, -0.1) is 35.2 Å². The van der Waals surface area contributed by atoms with Crippen LogP contribution in [0.5, 0.6) is 0 Å². The fourth-order valence-electron chi connectivity index (χ4n) is 8.28. The fourth-order valence-corrected chi connectivity index (χ4v) is 9.15. The number of benzene rings is 4. The summed E-state index contributed by atoms with van der Waals surface area (Å²) < 4.78 is 1.84. The van der Waals surface area contributed by atoms with Crippen LogP contribution in [-0.4, -0.2) is 3.21 Å².